The molecule has 2 rings (SSSR count). The molecule has 0 unspecified atom stereocenters. The van der Waals surface area contributed by atoms with Crippen molar-refractivity contribution in [3.05, 3.63) is 29.6 Å². The third-order valence-corrected chi connectivity index (χ3v) is 3.61. The van der Waals surface area contributed by atoms with E-state index in [2.05, 4.69) is 5.32 Å². The average Bonchev–Trinajstić information content (AvgIpc) is 2.35. The molecule has 0 bridgehead atoms. The summed E-state index contributed by atoms with van der Waals surface area (Å²) in [5.41, 5.74) is 0.539. The number of carbonyl (C=O) groups is 1. The third-order valence-electron chi connectivity index (χ3n) is 3.61. The van der Waals surface area contributed by atoms with E-state index < -0.39 is 5.82 Å². The summed E-state index contributed by atoms with van der Waals surface area (Å²) in [4.78, 5) is 14.2. The number of anilines is 1. The van der Waals surface area contributed by atoms with E-state index in [0.29, 0.717) is 12.1 Å². The van der Waals surface area contributed by atoms with Gasteiger partial charge in [-0.3, -0.25) is 4.79 Å². The van der Waals surface area contributed by atoms with Crippen LogP contribution in [0.25, 0.3) is 0 Å². The summed E-state index contributed by atoms with van der Waals surface area (Å²) in [7, 11) is 1.59. The number of hydrogen-bond donors (Lipinski definition) is 2. The molecule has 0 heterocycles. The lowest BCUT2D eigenvalue weighted by Gasteiger charge is -2.37. The number of halogens is 1. The average molecular weight is 266 g/mol. The Kier molecular flexibility index (Phi) is 4.37. The Labute approximate surface area is 112 Å². The van der Waals surface area contributed by atoms with Gasteiger partial charge in [-0.1, -0.05) is 6.07 Å². The van der Waals surface area contributed by atoms with Gasteiger partial charge in [0.15, 0.2) is 0 Å². The highest BCUT2D eigenvalue weighted by Crippen LogP contribution is 2.28. The van der Waals surface area contributed by atoms with Crippen LogP contribution in [0.1, 0.15) is 29.6 Å². The summed E-state index contributed by atoms with van der Waals surface area (Å²) in [6.07, 6.45) is 3.01. The lowest BCUT2D eigenvalue weighted by atomic mass is 9.91. The first-order valence-corrected chi connectivity index (χ1v) is 6.57. The van der Waals surface area contributed by atoms with Crippen molar-refractivity contribution >= 4 is 11.6 Å². The van der Waals surface area contributed by atoms with Crippen LogP contribution in [0.2, 0.25) is 0 Å². The molecule has 0 aromatic heterocycles. The highest BCUT2D eigenvalue weighted by Gasteiger charge is 2.30. The maximum atomic E-state index is 13.7. The van der Waals surface area contributed by atoms with Gasteiger partial charge >= 0.3 is 0 Å². The van der Waals surface area contributed by atoms with Gasteiger partial charge in [-0.2, -0.15) is 0 Å². The number of benzene rings is 1. The van der Waals surface area contributed by atoms with Crippen molar-refractivity contribution in [3.8, 4) is 0 Å². The molecule has 0 aliphatic heterocycles. The minimum absolute atomic E-state index is 0.0769. The minimum atomic E-state index is -0.439. The van der Waals surface area contributed by atoms with Gasteiger partial charge in [-0.25, -0.2) is 4.39 Å². The number of hydrogen-bond acceptors (Lipinski definition) is 3. The number of carbonyl (C=O) groups excluding carboxylic acids is 1. The van der Waals surface area contributed by atoms with Crippen molar-refractivity contribution in [3.63, 3.8) is 0 Å². The molecule has 1 aliphatic rings. The standard InChI is InChI=1S/C14H19FN2O2/c1-16-13-11(6-3-7-12(13)15)14(19)17(8-9-18)10-4-2-5-10/h3,6-7,10,16,18H,2,4-5,8-9H2,1H3. The number of aliphatic hydroxyl groups is 1. The molecule has 1 aromatic carbocycles. The Morgan fingerprint density at radius 3 is 2.79 bits per heavy atom. The van der Waals surface area contributed by atoms with Crippen molar-refractivity contribution in [1.82, 2.24) is 4.90 Å². The molecule has 1 aromatic rings. The Balaban J connectivity index is 2.28. The molecular weight excluding hydrogens is 247 g/mol. The number of nitrogens with zero attached hydrogens (tertiary/aromatic N) is 1. The van der Waals surface area contributed by atoms with Gasteiger partial charge in [0.05, 0.1) is 17.9 Å². The van der Waals surface area contributed by atoms with E-state index in [1.807, 2.05) is 0 Å². The number of para-hydroxylation sites is 1. The van der Waals surface area contributed by atoms with Crippen LogP contribution in [0.4, 0.5) is 10.1 Å². The van der Waals surface area contributed by atoms with E-state index in [9.17, 15) is 9.18 Å². The Morgan fingerprint density at radius 1 is 1.53 bits per heavy atom. The van der Waals surface area contributed by atoms with Crippen molar-refractivity contribution in [2.75, 3.05) is 25.5 Å². The number of nitrogens with one attached hydrogen (secondary N) is 1. The van der Waals surface area contributed by atoms with Gasteiger partial charge in [-0.15, -0.1) is 0 Å². The predicted molar refractivity (Wildman–Crippen MR) is 71.7 cm³/mol. The fourth-order valence-electron chi connectivity index (χ4n) is 2.37. The predicted octanol–water partition coefficient (Wildman–Crippen LogP) is 1.85. The maximum Gasteiger partial charge on any atom is 0.256 e. The van der Waals surface area contributed by atoms with Crippen molar-refractivity contribution < 1.29 is 14.3 Å². The zero-order valence-electron chi connectivity index (χ0n) is 11.0. The summed E-state index contributed by atoms with van der Waals surface area (Å²) in [5, 5.41) is 11.8. The fourth-order valence-corrected chi connectivity index (χ4v) is 2.37. The van der Waals surface area contributed by atoms with Gasteiger partial charge in [0.25, 0.3) is 5.91 Å². The molecule has 19 heavy (non-hydrogen) atoms. The second-order valence-electron chi connectivity index (χ2n) is 4.72. The van der Waals surface area contributed by atoms with Crippen molar-refractivity contribution in [1.29, 1.82) is 0 Å². The molecule has 104 valence electrons. The van der Waals surface area contributed by atoms with Crippen LogP contribution >= 0.6 is 0 Å². The molecule has 1 aliphatic carbocycles. The molecule has 4 nitrogen and oxygen atoms in total. The maximum absolute atomic E-state index is 13.7. The molecule has 0 spiro atoms. The first kappa shape index (κ1) is 13.8. The van der Waals surface area contributed by atoms with Crippen molar-refractivity contribution in [2.24, 2.45) is 0 Å². The number of aliphatic hydroxyl groups excluding tert-OH is 1. The van der Waals surface area contributed by atoms with Crippen LogP contribution in [0.15, 0.2) is 18.2 Å². The molecule has 1 amide bonds. The summed E-state index contributed by atoms with van der Waals surface area (Å²) in [6.45, 7) is 0.218. The zero-order valence-corrected chi connectivity index (χ0v) is 11.0. The highest BCUT2D eigenvalue weighted by atomic mass is 19.1. The monoisotopic (exact) mass is 266 g/mol. The van der Waals surface area contributed by atoms with Gasteiger partial charge in [-0.05, 0) is 31.4 Å². The number of amides is 1. The van der Waals surface area contributed by atoms with E-state index in [-0.39, 0.29) is 24.2 Å². The van der Waals surface area contributed by atoms with E-state index in [0.717, 1.165) is 19.3 Å². The molecule has 1 fully saturated rings. The number of rotatable bonds is 5. The lowest BCUT2D eigenvalue weighted by Crippen LogP contribution is -2.45. The Bertz CT molecular complexity index is 461. The Hall–Kier alpha value is -1.62. The van der Waals surface area contributed by atoms with Crippen LogP contribution in [0, 0.1) is 5.82 Å². The van der Waals surface area contributed by atoms with Gasteiger partial charge in [0.1, 0.15) is 5.82 Å². The molecule has 0 saturated heterocycles. The summed E-state index contributed by atoms with van der Waals surface area (Å²) in [5.74, 6) is -0.659. The van der Waals surface area contributed by atoms with Crippen LogP contribution < -0.4 is 5.32 Å². The van der Waals surface area contributed by atoms with Gasteiger partial charge in [0, 0.05) is 19.6 Å². The quantitative estimate of drug-likeness (QED) is 0.855. The largest absolute Gasteiger partial charge is 0.395 e. The molecule has 0 atom stereocenters. The van der Waals surface area contributed by atoms with Crippen LogP contribution in [0.3, 0.4) is 0 Å². The topological polar surface area (TPSA) is 52.6 Å². The summed E-state index contributed by atoms with van der Waals surface area (Å²) < 4.78 is 13.7. The zero-order chi connectivity index (χ0) is 13.8. The first-order chi connectivity index (χ1) is 9.19. The van der Waals surface area contributed by atoms with Crippen LogP contribution in [0.5, 0.6) is 0 Å². The van der Waals surface area contributed by atoms with Gasteiger partial charge in [0.2, 0.25) is 0 Å². The summed E-state index contributed by atoms with van der Waals surface area (Å²) in [6, 6.07) is 4.64. The van der Waals surface area contributed by atoms with Crippen LogP contribution in [-0.2, 0) is 0 Å². The second kappa shape index (κ2) is 6.02. The first-order valence-electron chi connectivity index (χ1n) is 6.57. The third kappa shape index (κ3) is 2.71. The SMILES string of the molecule is CNc1c(F)cccc1C(=O)N(CCO)C1CCC1. The molecule has 2 N–H and O–H groups in total. The van der Waals surface area contributed by atoms with E-state index in [4.69, 9.17) is 5.11 Å². The Morgan fingerprint density at radius 2 is 2.26 bits per heavy atom. The summed E-state index contributed by atoms with van der Waals surface area (Å²) >= 11 is 0. The second-order valence-corrected chi connectivity index (χ2v) is 4.72. The lowest BCUT2D eigenvalue weighted by molar-refractivity contribution is 0.0526. The van der Waals surface area contributed by atoms with E-state index in [1.54, 1.807) is 18.0 Å². The molecule has 0 radical (unpaired) electrons. The van der Waals surface area contributed by atoms with Crippen LogP contribution in [-0.4, -0.2) is 42.2 Å². The smallest absolute Gasteiger partial charge is 0.256 e. The normalized spacial score (nSPS) is 14.9. The van der Waals surface area contributed by atoms with E-state index in [1.165, 1.54) is 12.1 Å². The van der Waals surface area contributed by atoms with Crippen molar-refractivity contribution in [2.45, 2.75) is 25.3 Å². The molecule has 5 heteroatoms. The molecule has 1 saturated carbocycles. The molecular formula is C14H19FN2O2. The fraction of sp³-hybridized carbons (Fsp3) is 0.500. The minimum Gasteiger partial charge on any atom is -0.395 e. The van der Waals surface area contributed by atoms with E-state index >= 15 is 0 Å². The van der Waals surface area contributed by atoms with Gasteiger partial charge < -0.3 is 15.3 Å². The highest BCUT2D eigenvalue weighted by molar-refractivity contribution is 6.00.